The van der Waals surface area contributed by atoms with Gasteiger partial charge in [-0.05, 0) is 30.0 Å². The molecule has 2 amide bonds. The molecule has 0 fully saturated rings. The van der Waals surface area contributed by atoms with E-state index in [0.717, 1.165) is 18.2 Å². The van der Waals surface area contributed by atoms with Gasteiger partial charge in [0.2, 0.25) is 0 Å². The van der Waals surface area contributed by atoms with Crippen LogP contribution in [-0.2, 0) is 30.1 Å². The summed E-state index contributed by atoms with van der Waals surface area (Å²) in [4.78, 5) is 10.8. The summed E-state index contributed by atoms with van der Waals surface area (Å²) in [5.41, 5.74) is -0.395. The van der Waals surface area contributed by atoms with E-state index in [0.29, 0.717) is 11.5 Å². The number of rotatable bonds is 7. The third kappa shape index (κ3) is 5.50. The van der Waals surface area contributed by atoms with Crippen LogP contribution in [0.25, 0.3) is 10.8 Å². The van der Waals surface area contributed by atoms with Crippen LogP contribution in [0.15, 0.2) is 46.0 Å². The standard InChI is InChI=1S/C16H18N2O10S3/c1-3-14(29(21,22)4-2)18-16(20)17-12-7-10(30(23,24)25)5-9-6-11(31(26,27)28)8-13(19)15(9)12/h4-8,14,19H,2-3H2,1H3,(H2,17,18,20)(H,23,24,25)(H,26,27,28). The minimum absolute atomic E-state index is 0.0312. The van der Waals surface area contributed by atoms with Crippen molar-refractivity contribution >= 4 is 52.6 Å². The number of carbonyl (C=O) groups is 1. The van der Waals surface area contributed by atoms with E-state index < -0.39 is 62.7 Å². The van der Waals surface area contributed by atoms with Crippen molar-refractivity contribution < 1.29 is 44.3 Å². The molecule has 0 heterocycles. The van der Waals surface area contributed by atoms with E-state index in [1.807, 2.05) is 0 Å². The molecule has 2 aromatic rings. The molecule has 0 radical (unpaired) electrons. The van der Waals surface area contributed by atoms with Gasteiger partial charge in [-0.1, -0.05) is 13.5 Å². The first-order valence-corrected chi connectivity index (χ1v) is 12.8. The Hall–Kier alpha value is -2.72. The number of anilines is 1. The lowest BCUT2D eigenvalue weighted by molar-refractivity contribution is 0.251. The number of urea groups is 1. The summed E-state index contributed by atoms with van der Waals surface area (Å²) in [5.74, 6) is -0.756. The number of phenols is 1. The van der Waals surface area contributed by atoms with Crippen molar-refractivity contribution in [2.45, 2.75) is 28.5 Å². The molecule has 0 saturated heterocycles. The van der Waals surface area contributed by atoms with Gasteiger partial charge in [0.25, 0.3) is 20.2 Å². The fourth-order valence-electron chi connectivity index (χ4n) is 2.67. The molecule has 15 heteroatoms. The molecule has 0 saturated carbocycles. The summed E-state index contributed by atoms with van der Waals surface area (Å²) < 4.78 is 88.3. The summed E-state index contributed by atoms with van der Waals surface area (Å²) in [6, 6.07) is 1.93. The Morgan fingerprint density at radius 3 is 2.00 bits per heavy atom. The number of aromatic hydroxyl groups is 1. The topological polar surface area (TPSA) is 204 Å². The first-order valence-electron chi connectivity index (χ1n) is 8.29. The van der Waals surface area contributed by atoms with Crippen LogP contribution in [-0.4, -0.2) is 50.9 Å². The van der Waals surface area contributed by atoms with Crippen LogP contribution in [0.2, 0.25) is 0 Å². The molecule has 12 nitrogen and oxygen atoms in total. The Balaban J connectivity index is 2.65. The first kappa shape index (κ1) is 24.5. The van der Waals surface area contributed by atoms with E-state index in [-0.39, 0.29) is 17.2 Å². The Kier molecular flexibility index (Phi) is 6.67. The zero-order valence-corrected chi connectivity index (χ0v) is 18.3. The summed E-state index contributed by atoms with van der Waals surface area (Å²) in [6.45, 7) is 4.63. The maximum Gasteiger partial charge on any atom is 0.320 e. The Labute approximate surface area is 178 Å². The molecule has 0 aromatic heterocycles. The molecular formula is C16H18N2O10S3. The van der Waals surface area contributed by atoms with Gasteiger partial charge in [-0.2, -0.15) is 16.8 Å². The Morgan fingerprint density at radius 1 is 1.03 bits per heavy atom. The maximum atomic E-state index is 12.3. The van der Waals surface area contributed by atoms with E-state index >= 15 is 0 Å². The fourth-order valence-corrected chi connectivity index (χ4v) is 4.72. The van der Waals surface area contributed by atoms with Crippen molar-refractivity contribution in [2.75, 3.05) is 5.32 Å². The largest absolute Gasteiger partial charge is 0.507 e. The maximum absolute atomic E-state index is 12.3. The van der Waals surface area contributed by atoms with E-state index in [2.05, 4.69) is 17.2 Å². The predicted octanol–water partition coefficient (Wildman–Crippen LogP) is 1.45. The monoisotopic (exact) mass is 494 g/mol. The summed E-state index contributed by atoms with van der Waals surface area (Å²) in [7, 11) is -13.5. The lowest BCUT2D eigenvalue weighted by atomic mass is 10.1. The molecule has 2 aromatic carbocycles. The van der Waals surface area contributed by atoms with Gasteiger partial charge in [0.1, 0.15) is 11.1 Å². The number of hydrogen-bond donors (Lipinski definition) is 5. The Morgan fingerprint density at radius 2 is 1.55 bits per heavy atom. The van der Waals surface area contributed by atoms with E-state index in [9.17, 15) is 44.3 Å². The normalized spacial score (nSPS) is 13.5. The van der Waals surface area contributed by atoms with Crippen LogP contribution in [0, 0.1) is 0 Å². The van der Waals surface area contributed by atoms with E-state index in [1.165, 1.54) is 6.92 Å². The highest BCUT2D eigenvalue weighted by atomic mass is 32.2. The van der Waals surface area contributed by atoms with Crippen LogP contribution in [0.4, 0.5) is 10.5 Å². The van der Waals surface area contributed by atoms with Gasteiger partial charge in [0.05, 0.1) is 15.5 Å². The van der Waals surface area contributed by atoms with Crippen molar-refractivity contribution in [3.63, 3.8) is 0 Å². The van der Waals surface area contributed by atoms with Gasteiger partial charge in [-0.25, -0.2) is 13.2 Å². The summed E-state index contributed by atoms with van der Waals surface area (Å²) in [5, 5.41) is 13.3. The van der Waals surface area contributed by atoms with Crippen molar-refractivity contribution in [3.05, 3.63) is 36.3 Å². The summed E-state index contributed by atoms with van der Waals surface area (Å²) in [6.07, 6.45) is -0.0312. The van der Waals surface area contributed by atoms with E-state index in [4.69, 9.17) is 0 Å². The van der Waals surface area contributed by atoms with Crippen molar-refractivity contribution in [3.8, 4) is 5.75 Å². The number of phenolic OH excluding ortho intramolecular Hbond substituents is 1. The Bertz CT molecular complexity index is 1380. The van der Waals surface area contributed by atoms with Crippen molar-refractivity contribution in [2.24, 2.45) is 0 Å². The molecule has 0 spiro atoms. The zero-order valence-electron chi connectivity index (χ0n) is 15.8. The molecule has 1 unspecified atom stereocenters. The van der Waals surface area contributed by atoms with Crippen molar-refractivity contribution in [1.82, 2.24) is 5.32 Å². The highest BCUT2D eigenvalue weighted by Gasteiger charge is 2.24. The van der Waals surface area contributed by atoms with E-state index in [1.54, 1.807) is 0 Å². The highest BCUT2D eigenvalue weighted by Crippen LogP contribution is 2.36. The van der Waals surface area contributed by atoms with Gasteiger partial charge in [0.15, 0.2) is 9.84 Å². The number of carbonyl (C=O) groups excluding carboxylic acids is 1. The highest BCUT2D eigenvalue weighted by molar-refractivity contribution is 7.94. The second-order valence-corrected chi connectivity index (χ2v) is 11.1. The van der Waals surface area contributed by atoms with Crippen LogP contribution in [0.3, 0.4) is 0 Å². The molecule has 1 atom stereocenters. The second-order valence-electron chi connectivity index (χ2n) is 6.21. The molecule has 0 aliphatic heterocycles. The minimum atomic E-state index is -4.84. The first-order chi connectivity index (χ1) is 14.1. The third-order valence-electron chi connectivity index (χ3n) is 4.11. The second kappa shape index (κ2) is 8.43. The number of benzene rings is 2. The molecule has 0 bridgehead atoms. The fraction of sp³-hybridized carbons (Fsp3) is 0.188. The number of hydrogen-bond acceptors (Lipinski definition) is 8. The van der Waals surface area contributed by atoms with Crippen LogP contribution >= 0.6 is 0 Å². The average Bonchev–Trinajstić information content (AvgIpc) is 2.63. The summed E-state index contributed by atoms with van der Waals surface area (Å²) >= 11 is 0. The number of sulfone groups is 1. The molecular weight excluding hydrogens is 476 g/mol. The quantitative estimate of drug-likeness (QED) is 0.350. The number of amides is 2. The number of nitrogens with one attached hydrogen (secondary N) is 2. The number of fused-ring (bicyclic) bond motifs is 1. The molecule has 170 valence electrons. The van der Waals surface area contributed by atoms with Crippen LogP contribution in [0.1, 0.15) is 13.3 Å². The van der Waals surface area contributed by atoms with Crippen LogP contribution in [0.5, 0.6) is 5.75 Å². The lowest BCUT2D eigenvalue weighted by Gasteiger charge is -2.17. The van der Waals surface area contributed by atoms with Gasteiger partial charge in [-0.3, -0.25) is 9.11 Å². The molecule has 2 rings (SSSR count). The third-order valence-corrected chi connectivity index (χ3v) is 7.48. The average molecular weight is 495 g/mol. The van der Waals surface area contributed by atoms with Gasteiger partial charge >= 0.3 is 6.03 Å². The molecule has 0 aliphatic carbocycles. The van der Waals surface area contributed by atoms with Gasteiger partial charge < -0.3 is 15.7 Å². The van der Waals surface area contributed by atoms with Gasteiger partial charge in [0, 0.05) is 16.9 Å². The predicted molar refractivity (Wildman–Crippen MR) is 111 cm³/mol. The lowest BCUT2D eigenvalue weighted by Crippen LogP contribution is -2.41. The molecule has 5 N–H and O–H groups in total. The molecule has 0 aliphatic rings. The van der Waals surface area contributed by atoms with Crippen molar-refractivity contribution in [1.29, 1.82) is 0 Å². The molecule has 31 heavy (non-hydrogen) atoms. The van der Waals surface area contributed by atoms with Gasteiger partial charge in [-0.15, -0.1) is 0 Å². The van der Waals surface area contributed by atoms with Crippen LogP contribution < -0.4 is 10.6 Å². The minimum Gasteiger partial charge on any atom is -0.507 e. The smallest absolute Gasteiger partial charge is 0.320 e. The zero-order chi connectivity index (χ0) is 23.8. The SMILES string of the molecule is C=CS(=O)(=O)C(CC)NC(=O)Nc1cc(S(=O)(=O)O)cc2cc(S(=O)(=O)O)cc(O)c12.